The van der Waals surface area contributed by atoms with Gasteiger partial charge in [0.2, 0.25) is 5.91 Å². The summed E-state index contributed by atoms with van der Waals surface area (Å²) in [6.07, 6.45) is 1.44. The summed E-state index contributed by atoms with van der Waals surface area (Å²) < 4.78 is 13.8. The van der Waals surface area contributed by atoms with Gasteiger partial charge in [-0.2, -0.15) is 0 Å². The van der Waals surface area contributed by atoms with Gasteiger partial charge in [0, 0.05) is 38.6 Å². The molecule has 2 aliphatic rings. The van der Waals surface area contributed by atoms with Crippen molar-refractivity contribution in [3.05, 3.63) is 35.1 Å². The van der Waals surface area contributed by atoms with E-state index in [1.807, 2.05) is 25.7 Å². The highest BCUT2D eigenvalue weighted by Gasteiger charge is 2.49. The SMILES string of the molecule is Cc1cc(F)ccc1[C@@]1(N2CCN(C(=O)C(C)C)CC2)CCCCN1C(=O)O. The number of carbonyl (C=O) groups excluding carboxylic acids is 1. The number of carbonyl (C=O) groups is 2. The van der Waals surface area contributed by atoms with Crippen LogP contribution in [0.5, 0.6) is 0 Å². The fourth-order valence-corrected chi connectivity index (χ4v) is 4.73. The summed E-state index contributed by atoms with van der Waals surface area (Å²) in [5.74, 6) is -0.239. The summed E-state index contributed by atoms with van der Waals surface area (Å²) in [4.78, 5) is 30.1. The van der Waals surface area contributed by atoms with Gasteiger partial charge in [-0.25, -0.2) is 9.18 Å². The largest absolute Gasteiger partial charge is 0.465 e. The minimum absolute atomic E-state index is 0.0509. The molecule has 0 aromatic heterocycles. The molecule has 2 amide bonds. The number of halogens is 1. The van der Waals surface area contributed by atoms with Crippen molar-refractivity contribution in [3.8, 4) is 0 Å². The minimum Gasteiger partial charge on any atom is -0.465 e. The molecule has 7 heteroatoms. The summed E-state index contributed by atoms with van der Waals surface area (Å²) in [7, 11) is 0. The average molecular weight is 391 g/mol. The second kappa shape index (κ2) is 8.07. The van der Waals surface area contributed by atoms with E-state index in [0.717, 1.165) is 24.0 Å². The number of rotatable bonds is 3. The number of aryl methyl sites for hydroxylation is 1. The lowest BCUT2D eigenvalue weighted by Gasteiger charge is -2.55. The third kappa shape index (κ3) is 3.60. The van der Waals surface area contributed by atoms with E-state index in [4.69, 9.17) is 0 Å². The van der Waals surface area contributed by atoms with Crippen LogP contribution in [0.25, 0.3) is 0 Å². The zero-order chi connectivity index (χ0) is 20.5. The maximum absolute atomic E-state index is 13.8. The zero-order valence-electron chi connectivity index (χ0n) is 16.9. The van der Waals surface area contributed by atoms with Gasteiger partial charge in [-0.1, -0.05) is 19.9 Å². The summed E-state index contributed by atoms with van der Waals surface area (Å²) >= 11 is 0. The second-order valence-electron chi connectivity index (χ2n) is 8.13. The Labute approximate surface area is 165 Å². The van der Waals surface area contributed by atoms with Crippen molar-refractivity contribution >= 4 is 12.0 Å². The number of hydrogen-bond donors (Lipinski definition) is 1. The van der Waals surface area contributed by atoms with Crippen LogP contribution in [0.15, 0.2) is 18.2 Å². The molecule has 0 saturated carbocycles. The molecular weight excluding hydrogens is 361 g/mol. The van der Waals surface area contributed by atoms with E-state index in [1.165, 1.54) is 17.0 Å². The molecule has 154 valence electrons. The first-order chi connectivity index (χ1) is 13.3. The molecule has 0 radical (unpaired) electrons. The standard InChI is InChI=1S/C21H30FN3O3/c1-15(2)19(26)23-10-12-24(13-11-23)21(8-4-5-9-25(21)20(27)28)18-7-6-17(22)14-16(18)3/h6-7,14-15H,4-5,8-13H2,1-3H3,(H,27,28)/t21-/m1/s1. The van der Waals surface area contributed by atoms with E-state index >= 15 is 0 Å². The number of piperidine rings is 1. The third-order valence-electron chi connectivity index (χ3n) is 6.06. The van der Waals surface area contributed by atoms with E-state index in [2.05, 4.69) is 4.90 Å². The van der Waals surface area contributed by atoms with Gasteiger partial charge in [0.05, 0.1) is 0 Å². The second-order valence-corrected chi connectivity index (χ2v) is 8.13. The van der Waals surface area contributed by atoms with Crippen LogP contribution in [-0.4, -0.2) is 64.5 Å². The van der Waals surface area contributed by atoms with Crippen molar-refractivity contribution in [1.29, 1.82) is 0 Å². The number of nitrogens with zero attached hydrogens (tertiary/aromatic N) is 3. The lowest BCUT2D eigenvalue weighted by atomic mass is 9.83. The molecule has 0 bridgehead atoms. The Kier molecular flexibility index (Phi) is 5.93. The molecule has 6 nitrogen and oxygen atoms in total. The minimum atomic E-state index is -0.955. The first-order valence-electron chi connectivity index (χ1n) is 10.1. The lowest BCUT2D eigenvalue weighted by molar-refractivity contribution is -0.141. The topological polar surface area (TPSA) is 64.1 Å². The van der Waals surface area contributed by atoms with Crippen LogP contribution in [-0.2, 0) is 10.5 Å². The number of amides is 2. The van der Waals surface area contributed by atoms with Crippen LogP contribution >= 0.6 is 0 Å². The van der Waals surface area contributed by atoms with E-state index in [9.17, 15) is 19.1 Å². The highest BCUT2D eigenvalue weighted by molar-refractivity contribution is 5.78. The molecule has 1 aromatic rings. The monoisotopic (exact) mass is 391 g/mol. The van der Waals surface area contributed by atoms with Crippen molar-refractivity contribution in [2.75, 3.05) is 32.7 Å². The smallest absolute Gasteiger partial charge is 0.409 e. The molecule has 1 atom stereocenters. The molecule has 1 aromatic carbocycles. The van der Waals surface area contributed by atoms with Crippen LogP contribution in [0.2, 0.25) is 0 Å². The molecule has 2 heterocycles. The molecule has 28 heavy (non-hydrogen) atoms. The number of likely N-dealkylation sites (tertiary alicyclic amines) is 1. The summed E-state index contributed by atoms with van der Waals surface area (Å²) in [5, 5.41) is 9.98. The normalized spacial score (nSPS) is 23.9. The van der Waals surface area contributed by atoms with E-state index in [0.29, 0.717) is 39.1 Å². The van der Waals surface area contributed by atoms with E-state index in [-0.39, 0.29) is 17.6 Å². The Morgan fingerprint density at radius 2 is 1.79 bits per heavy atom. The number of carboxylic acid groups (broad SMARTS) is 1. The van der Waals surface area contributed by atoms with Crippen molar-refractivity contribution in [3.63, 3.8) is 0 Å². The molecule has 0 spiro atoms. The quantitative estimate of drug-likeness (QED) is 0.859. The number of piperazine rings is 1. The van der Waals surface area contributed by atoms with Crippen LogP contribution in [0.4, 0.5) is 9.18 Å². The van der Waals surface area contributed by atoms with Crippen LogP contribution in [0, 0.1) is 18.7 Å². The van der Waals surface area contributed by atoms with Crippen LogP contribution in [0.3, 0.4) is 0 Å². The zero-order valence-corrected chi connectivity index (χ0v) is 16.9. The maximum Gasteiger partial charge on any atom is 0.409 e. The number of hydrogen-bond acceptors (Lipinski definition) is 3. The lowest BCUT2D eigenvalue weighted by Crippen LogP contribution is -2.66. The Bertz CT molecular complexity index is 746. The number of benzene rings is 1. The molecule has 1 N–H and O–H groups in total. The molecule has 2 fully saturated rings. The molecule has 3 rings (SSSR count). The highest BCUT2D eigenvalue weighted by atomic mass is 19.1. The van der Waals surface area contributed by atoms with Gasteiger partial charge in [0.1, 0.15) is 11.5 Å². The molecular formula is C21H30FN3O3. The summed E-state index contributed by atoms with van der Waals surface area (Å²) in [6, 6.07) is 4.62. The van der Waals surface area contributed by atoms with Gasteiger partial charge in [-0.05, 0) is 49.4 Å². The van der Waals surface area contributed by atoms with Gasteiger partial charge in [-0.15, -0.1) is 0 Å². The van der Waals surface area contributed by atoms with Gasteiger partial charge in [-0.3, -0.25) is 14.6 Å². The predicted molar refractivity (Wildman–Crippen MR) is 104 cm³/mol. The van der Waals surface area contributed by atoms with Crippen LogP contribution in [0.1, 0.15) is 44.2 Å². The van der Waals surface area contributed by atoms with Crippen molar-refractivity contribution in [2.24, 2.45) is 5.92 Å². The van der Waals surface area contributed by atoms with Crippen molar-refractivity contribution in [2.45, 2.75) is 45.7 Å². The molecule has 2 saturated heterocycles. The fourth-order valence-electron chi connectivity index (χ4n) is 4.73. The van der Waals surface area contributed by atoms with E-state index < -0.39 is 11.8 Å². The summed E-state index contributed by atoms with van der Waals surface area (Å²) in [5.41, 5.74) is 0.794. The van der Waals surface area contributed by atoms with Gasteiger partial charge in [0.25, 0.3) is 0 Å². The average Bonchev–Trinajstić information content (AvgIpc) is 2.67. The molecule has 0 unspecified atom stereocenters. The Morgan fingerprint density at radius 1 is 1.11 bits per heavy atom. The van der Waals surface area contributed by atoms with Crippen molar-refractivity contribution in [1.82, 2.24) is 14.7 Å². The van der Waals surface area contributed by atoms with Crippen molar-refractivity contribution < 1.29 is 19.1 Å². The van der Waals surface area contributed by atoms with Gasteiger partial charge in [0.15, 0.2) is 0 Å². The van der Waals surface area contributed by atoms with Crippen LogP contribution < -0.4 is 0 Å². The maximum atomic E-state index is 13.8. The van der Waals surface area contributed by atoms with Gasteiger partial charge >= 0.3 is 6.09 Å². The highest BCUT2D eigenvalue weighted by Crippen LogP contribution is 2.43. The van der Waals surface area contributed by atoms with Gasteiger partial charge < -0.3 is 10.0 Å². The predicted octanol–water partition coefficient (Wildman–Crippen LogP) is 3.25. The Balaban J connectivity index is 1.98. The molecule has 2 aliphatic heterocycles. The van der Waals surface area contributed by atoms with E-state index in [1.54, 1.807) is 6.07 Å². The Hall–Kier alpha value is -2.15. The first kappa shape index (κ1) is 20.6. The first-order valence-corrected chi connectivity index (χ1v) is 10.1. The summed E-state index contributed by atoms with van der Waals surface area (Å²) in [6.45, 7) is 8.43. The fraction of sp³-hybridized carbons (Fsp3) is 0.619. The Morgan fingerprint density at radius 3 is 2.36 bits per heavy atom. The third-order valence-corrected chi connectivity index (χ3v) is 6.06. The molecule has 0 aliphatic carbocycles.